The molecule has 102 valence electrons. The van der Waals surface area contributed by atoms with E-state index in [2.05, 4.69) is 44.0 Å². The van der Waals surface area contributed by atoms with Crippen molar-refractivity contribution >= 4 is 0 Å². The zero-order chi connectivity index (χ0) is 13.2. The number of aryl methyl sites for hydroxylation is 1. The first-order valence-corrected chi connectivity index (χ1v) is 7.07. The van der Waals surface area contributed by atoms with E-state index >= 15 is 0 Å². The molecule has 3 heteroatoms. The topological polar surface area (TPSA) is 28.4 Å². The summed E-state index contributed by atoms with van der Waals surface area (Å²) < 4.78 is 5.89. The smallest absolute Gasteiger partial charge is 0.118 e. The van der Waals surface area contributed by atoms with Crippen molar-refractivity contribution in [2.24, 2.45) is 0 Å². The van der Waals surface area contributed by atoms with Gasteiger partial charge in [-0.2, -0.15) is 0 Å². The van der Waals surface area contributed by atoms with Crippen LogP contribution < -0.4 is 5.32 Å². The predicted molar refractivity (Wildman–Crippen MR) is 74.5 cm³/mol. The molecule has 1 aliphatic heterocycles. The summed E-state index contributed by atoms with van der Waals surface area (Å²) in [6.45, 7) is 12.9. The monoisotopic (exact) mass is 250 g/mol. The van der Waals surface area contributed by atoms with Gasteiger partial charge in [-0.15, -0.1) is 0 Å². The lowest BCUT2D eigenvalue weighted by molar-refractivity contribution is 0.154. The van der Waals surface area contributed by atoms with Crippen LogP contribution in [0.25, 0.3) is 0 Å². The van der Waals surface area contributed by atoms with Crippen LogP contribution in [0.2, 0.25) is 0 Å². The summed E-state index contributed by atoms with van der Waals surface area (Å²) in [6, 6.07) is 2.21. The second-order valence-corrected chi connectivity index (χ2v) is 5.91. The first kappa shape index (κ1) is 13.6. The number of hydrogen-bond acceptors (Lipinski definition) is 3. The second-order valence-electron chi connectivity index (χ2n) is 5.91. The molecule has 0 amide bonds. The zero-order valence-electron chi connectivity index (χ0n) is 12.2. The predicted octanol–water partition coefficient (Wildman–Crippen LogP) is 3.07. The lowest BCUT2D eigenvalue weighted by Gasteiger charge is -2.30. The number of hydrogen-bond donors (Lipinski definition) is 1. The van der Waals surface area contributed by atoms with Gasteiger partial charge in [-0.05, 0) is 52.8 Å². The summed E-state index contributed by atoms with van der Waals surface area (Å²) in [5, 5.41) is 3.35. The Labute approximate surface area is 111 Å². The average Bonchev–Trinajstić information content (AvgIpc) is 2.81. The van der Waals surface area contributed by atoms with Crippen molar-refractivity contribution in [3.8, 4) is 0 Å². The van der Waals surface area contributed by atoms with Crippen LogP contribution in [0.4, 0.5) is 0 Å². The molecule has 2 rings (SSSR count). The van der Waals surface area contributed by atoms with Crippen LogP contribution in [-0.4, -0.2) is 23.5 Å². The number of rotatable bonds is 5. The standard InChI is InChI=1S/C15H26N2O/c1-5-16-10-13-9-14(18-12(13)2)11-17-8-6-7-15(17,3)4/h9,16H,5-8,10-11H2,1-4H3. The summed E-state index contributed by atoms with van der Waals surface area (Å²) in [5.74, 6) is 2.17. The highest BCUT2D eigenvalue weighted by Crippen LogP contribution is 2.30. The lowest BCUT2D eigenvalue weighted by Crippen LogP contribution is -2.37. The molecule has 0 aromatic carbocycles. The van der Waals surface area contributed by atoms with Crippen molar-refractivity contribution in [1.82, 2.24) is 10.2 Å². The molecule has 0 unspecified atom stereocenters. The van der Waals surface area contributed by atoms with Gasteiger partial charge >= 0.3 is 0 Å². The first-order chi connectivity index (χ1) is 8.53. The van der Waals surface area contributed by atoms with Crippen LogP contribution >= 0.6 is 0 Å². The number of nitrogens with zero attached hydrogens (tertiary/aromatic N) is 1. The summed E-state index contributed by atoms with van der Waals surface area (Å²) in [4.78, 5) is 2.53. The van der Waals surface area contributed by atoms with E-state index in [-0.39, 0.29) is 0 Å². The summed E-state index contributed by atoms with van der Waals surface area (Å²) in [6.07, 6.45) is 2.59. The third-order valence-corrected chi connectivity index (χ3v) is 4.06. The van der Waals surface area contributed by atoms with Crippen molar-refractivity contribution in [3.63, 3.8) is 0 Å². The average molecular weight is 250 g/mol. The Bertz CT molecular complexity index is 395. The quantitative estimate of drug-likeness (QED) is 0.870. The van der Waals surface area contributed by atoms with Gasteiger partial charge in [0.1, 0.15) is 11.5 Å². The fraction of sp³-hybridized carbons (Fsp3) is 0.733. The van der Waals surface area contributed by atoms with E-state index in [0.29, 0.717) is 5.54 Å². The van der Waals surface area contributed by atoms with E-state index in [1.165, 1.54) is 24.9 Å². The molecule has 0 saturated carbocycles. The molecule has 1 saturated heterocycles. The Morgan fingerprint density at radius 3 is 2.83 bits per heavy atom. The van der Waals surface area contributed by atoms with Crippen molar-refractivity contribution in [2.45, 2.75) is 59.2 Å². The van der Waals surface area contributed by atoms with Crippen LogP contribution in [0.1, 0.15) is 50.7 Å². The van der Waals surface area contributed by atoms with Crippen LogP contribution in [0.5, 0.6) is 0 Å². The SMILES string of the molecule is CCNCc1cc(CN2CCCC2(C)C)oc1C. The maximum Gasteiger partial charge on any atom is 0.118 e. The molecule has 18 heavy (non-hydrogen) atoms. The third-order valence-electron chi connectivity index (χ3n) is 4.06. The van der Waals surface area contributed by atoms with Gasteiger partial charge in [0, 0.05) is 17.6 Å². The van der Waals surface area contributed by atoms with E-state index in [1.54, 1.807) is 0 Å². The Morgan fingerprint density at radius 2 is 2.22 bits per heavy atom. The minimum Gasteiger partial charge on any atom is -0.465 e. The van der Waals surface area contributed by atoms with Gasteiger partial charge in [0.25, 0.3) is 0 Å². The molecule has 3 nitrogen and oxygen atoms in total. The first-order valence-electron chi connectivity index (χ1n) is 7.07. The molecule has 0 atom stereocenters. The Kier molecular flexibility index (Phi) is 4.13. The fourth-order valence-corrected chi connectivity index (χ4v) is 2.75. The van der Waals surface area contributed by atoms with Gasteiger partial charge in [-0.3, -0.25) is 4.90 Å². The lowest BCUT2D eigenvalue weighted by atomic mass is 10.0. The molecule has 1 aromatic heterocycles. The Hall–Kier alpha value is -0.800. The molecule has 0 bridgehead atoms. The third kappa shape index (κ3) is 2.96. The number of nitrogens with one attached hydrogen (secondary N) is 1. The van der Waals surface area contributed by atoms with Crippen LogP contribution in [0.3, 0.4) is 0 Å². The highest BCUT2D eigenvalue weighted by Gasteiger charge is 2.32. The van der Waals surface area contributed by atoms with Crippen LogP contribution in [0.15, 0.2) is 10.5 Å². The molecule has 0 radical (unpaired) electrons. The van der Waals surface area contributed by atoms with Crippen molar-refractivity contribution in [3.05, 3.63) is 23.2 Å². The van der Waals surface area contributed by atoms with E-state index in [0.717, 1.165) is 31.2 Å². The molecule has 1 N–H and O–H groups in total. The van der Waals surface area contributed by atoms with Gasteiger partial charge < -0.3 is 9.73 Å². The Morgan fingerprint density at radius 1 is 1.44 bits per heavy atom. The maximum atomic E-state index is 5.89. The fourth-order valence-electron chi connectivity index (χ4n) is 2.75. The Balaban J connectivity index is 2.01. The van der Waals surface area contributed by atoms with E-state index in [1.807, 2.05) is 0 Å². The second kappa shape index (κ2) is 5.45. The molecule has 1 aromatic rings. The number of likely N-dealkylation sites (tertiary alicyclic amines) is 1. The normalized spacial score (nSPS) is 19.6. The minimum absolute atomic E-state index is 0.322. The summed E-state index contributed by atoms with van der Waals surface area (Å²) in [7, 11) is 0. The molecular weight excluding hydrogens is 224 g/mol. The van der Waals surface area contributed by atoms with Crippen molar-refractivity contribution < 1.29 is 4.42 Å². The number of furan rings is 1. The zero-order valence-corrected chi connectivity index (χ0v) is 12.2. The highest BCUT2D eigenvalue weighted by molar-refractivity contribution is 5.21. The minimum atomic E-state index is 0.322. The molecule has 0 aliphatic carbocycles. The molecular formula is C15H26N2O. The van der Waals surface area contributed by atoms with E-state index in [4.69, 9.17) is 4.42 Å². The maximum absolute atomic E-state index is 5.89. The molecule has 1 aliphatic rings. The molecule has 2 heterocycles. The van der Waals surface area contributed by atoms with Gasteiger partial charge in [0.2, 0.25) is 0 Å². The van der Waals surface area contributed by atoms with E-state index < -0.39 is 0 Å². The van der Waals surface area contributed by atoms with Crippen LogP contribution in [-0.2, 0) is 13.1 Å². The van der Waals surface area contributed by atoms with Gasteiger partial charge in [-0.25, -0.2) is 0 Å². The summed E-state index contributed by atoms with van der Waals surface area (Å²) >= 11 is 0. The van der Waals surface area contributed by atoms with Crippen LogP contribution in [0, 0.1) is 6.92 Å². The van der Waals surface area contributed by atoms with Crippen molar-refractivity contribution in [2.75, 3.05) is 13.1 Å². The van der Waals surface area contributed by atoms with Crippen molar-refractivity contribution in [1.29, 1.82) is 0 Å². The molecule has 0 spiro atoms. The van der Waals surface area contributed by atoms with Gasteiger partial charge in [-0.1, -0.05) is 6.92 Å². The highest BCUT2D eigenvalue weighted by atomic mass is 16.3. The van der Waals surface area contributed by atoms with E-state index in [9.17, 15) is 0 Å². The largest absolute Gasteiger partial charge is 0.465 e. The molecule has 1 fully saturated rings. The van der Waals surface area contributed by atoms with Gasteiger partial charge in [0.15, 0.2) is 0 Å². The summed E-state index contributed by atoms with van der Waals surface area (Å²) in [5.41, 5.74) is 1.62. The van der Waals surface area contributed by atoms with Gasteiger partial charge in [0.05, 0.1) is 6.54 Å².